The van der Waals surface area contributed by atoms with Crippen LogP contribution < -0.4 is 14.4 Å². The first kappa shape index (κ1) is 16.0. The number of nitrogens with zero attached hydrogens (tertiary/aromatic N) is 3. The fraction of sp³-hybridized carbons (Fsp3) is 0.333. The number of aromatic nitrogens is 1. The topological polar surface area (TPSA) is 27.4 Å². The number of benzene rings is 1. The highest BCUT2D eigenvalue weighted by atomic mass is 16.2. The first-order chi connectivity index (χ1) is 10.5. The van der Waals surface area contributed by atoms with Gasteiger partial charge in [-0.3, -0.25) is 4.79 Å². The smallest absolute Gasteiger partial charge is 0.295 e. The summed E-state index contributed by atoms with van der Waals surface area (Å²) in [5, 5.41) is 0. The lowest BCUT2D eigenvalue weighted by atomic mass is 10.2. The van der Waals surface area contributed by atoms with Crippen LogP contribution in [0, 0.1) is 0 Å². The van der Waals surface area contributed by atoms with E-state index in [4.69, 9.17) is 0 Å². The molecule has 0 N–H and O–H groups in total. The monoisotopic (exact) mass is 298 g/mol. The molecule has 0 fully saturated rings. The van der Waals surface area contributed by atoms with Crippen LogP contribution >= 0.6 is 0 Å². The van der Waals surface area contributed by atoms with Gasteiger partial charge in [-0.25, -0.2) is 0 Å². The van der Waals surface area contributed by atoms with Crippen molar-refractivity contribution in [3.05, 3.63) is 54.9 Å². The molecule has 4 nitrogen and oxygen atoms in total. The molecule has 0 spiro atoms. The molecule has 0 saturated heterocycles. The Labute approximate surface area is 132 Å². The Morgan fingerprint density at radius 2 is 1.64 bits per heavy atom. The molecule has 116 valence electrons. The average molecular weight is 298 g/mol. The Bertz CT molecular complexity index is 608. The quantitative estimate of drug-likeness (QED) is 0.794. The Balaban J connectivity index is 2.20. The van der Waals surface area contributed by atoms with E-state index in [2.05, 4.69) is 0 Å². The van der Waals surface area contributed by atoms with Gasteiger partial charge in [0.25, 0.3) is 5.91 Å². The second-order valence-electron chi connectivity index (χ2n) is 5.49. The minimum Gasteiger partial charge on any atom is -0.377 e. The van der Waals surface area contributed by atoms with Crippen LogP contribution in [0.25, 0.3) is 0 Å². The summed E-state index contributed by atoms with van der Waals surface area (Å²) in [5.74, 6) is 0.0938. The van der Waals surface area contributed by atoms with Crippen molar-refractivity contribution in [1.82, 2.24) is 0 Å². The molecule has 2 rings (SSSR count). The van der Waals surface area contributed by atoms with Gasteiger partial charge in [0.1, 0.15) is 0 Å². The number of likely N-dealkylation sites (N-methyl/N-ethyl adjacent to an activating group) is 1. The predicted molar refractivity (Wildman–Crippen MR) is 90.1 cm³/mol. The fourth-order valence-electron chi connectivity index (χ4n) is 2.41. The van der Waals surface area contributed by atoms with Gasteiger partial charge in [0.2, 0.25) is 6.04 Å². The summed E-state index contributed by atoms with van der Waals surface area (Å²) in [7, 11) is 4.00. The summed E-state index contributed by atoms with van der Waals surface area (Å²) in [5.41, 5.74) is 2.05. The molecule has 0 aliphatic heterocycles. The number of hydrogen-bond donors (Lipinski definition) is 0. The third-order valence-electron chi connectivity index (χ3n) is 3.81. The molecule has 1 amide bonds. The lowest BCUT2D eigenvalue weighted by molar-refractivity contribution is -0.705. The van der Waals surface area contributed by atoms with E-state index in [1.807, 2.05) is 97.2 Å². The van der Waals surface area contributed by atoms with Gasteiger partial charge in [-0.1, -0.05) is 18.2 Å². The third kappa shape index (κ3) is 3.45. The maximum Gasteiger partial charge on any atom is 0.295 e. The van der Waals surface area contributed by atoms with Crippen LogP contribution in [0.15, 0.2) is 54.9 Å². The number of carbonyl (C=O) groups is 1. The SMILES string of the molecule is CCN(C(=O)[C@H](C)[n+]1ccc(N(C)C)cc1)c1ccccc1. The van der Waals surface area contributed by atoms with E-state index in [0.29, 0.717) is 6.54 Å². The molecule has 0 unspecified atom stereocenters. The molecule has 1 aromatic carbocycles. The summed E-state index contributed by atoms with van der Waals surface area (Å²) in [6.07, 6.45) is 3.91. The second-order valence-corrected chi connectivity index (χ2v) is 5.49. The van der Waals surface area contributed by atoms with Crippen molar-refractivity contribution >= 4 is 17.3 Å². The third-order valence-corrected chi connectivity index (χ3v) is 3.81. The summed E-state index contributed by atoms with van der Waals surface area (Å²) in [6.45, 7) is 4.59. The van der Waals surface area contributed by atoms with Gasteiger partial charge < -0.3 is 9.80 Å². The van der Waals surface area contributed by atoms with Crippen LogP contribution in [-0.2, 0) is 4.79 Å². The normalized spacial score (nSPS) is 11.8. The van der Waals surface area contributed by atoms with Gasteiger partial charge in [-0.2, -0.15) is 4.57 Å². The van der Waals surface area contributed by atoms with Gasteiger partial charge in [-0.15, -0.1) is 0 Å². The Kier molecular flexibility index (Phi) is 5.15. The zero-order chi connectivity index (χ0) is 16.1. The molecule has 0 radical (unpaired) electrons. The lowest BCUT2D eigenvalue weighted by Crippen LogP contribution is -2.48. The minimum atomic E-state index is -0.239. The number of hydrogen-bond acceptors (Lipinski definition) is 2. The van der Waals surface area contributed by atoms with E-state index in [0.717, 1.165) is 11.4 Å². The highest BCUT2D eigenvalue weighted by Gasteiger charge is 2.27. The number of rotatable bonds is 5. The van der Waals surface area contributed by atoms with Crippen molar-refractivity contribution in [2.75, 3.05) is 30.4 Å². The van der Waals surface area contributed by atoms with Crippen molar-refractivity contribution < 1.29 is 9.36 Å². The molecule has 4 heteroatoms. The largest absolute Gasteiger partial charge is 0.377 e. The van der Waals surface area contributed by atoms with Crippen LogP contribution in [-0.4, -0.2) is 26.5 Å². The highest BCUT2D eigenvalue weighted by molar-refractivity contribution is 5.94. The van der Waals surface area contributed by atoms with Crippen molar-refractivity contribution in [3.63, 3.8) is 0 Å². The van der Waals surface area contributed by atoms with Crippen molar-refractivity contribution in [1.29, 1.82) is 0 Å². The molecule has 1 aromatic heterocycles. The number of pyridine rings is 1. The minimum absolute atomic E-state index is 0.0938. The van der Waals surface area contributed by atoms with Gasteiger partial charge in [0, 0.05) is 51.1 Å². The maximum absolute atomic E-state index is 12.8. The Morgan fingerprint density at radius 3 is 2.14 bits per heavy atom. The molecule has 0 bridgehead atoms. The Hall–Kier alpha value is -2.36. The van der Waals surface area contributed by atoms with Crippen molar-refractivity contribution in [2.45, 2.75) is 19.9 Å². The molecule has 0 aliphatic carbocycles. The fourth-order valence-corrected chi connectivity index (χ4v) is 2.41. The molecule has 1 heterocycles. The van der Waals surface area contributed by atoms with E-state index in [-0.39, 0.29) is 11.9 Å². The van der Waals surface area contributed by atoms with Crippen LogP contribution in [0.1, 0.15) is 19.9 Å². The standard InChI is InChI=1S/C18H24N3O/c1-5-21(17-9-7-6-8-10-17)18(22)15(2)20-13-11-16(12-14-20)19(3)4/h6-15H,5H2,1-4H3/q+1/t15-/m0/s1. The van der Waals surface area contributed by atoms with Crippen molar-refractivity contribution in [2.24, 2.45) is 0 Å². The first-order valence-corrected chi connectivity index (χ1v) is 7.59. The van der Waals surface area contributed by atoms with Gasteiger partial charge >= 0.3 is 0 Å². The summed E-state index contributed by atoms with van der Waals surface area (Å²) in [6, 6.07) is 13.6. The molecule has 2 aromatic rings. The average Bonchev–Trinajstić information content (AvgIpc) is 2.56. The van der Waals surface area contributed by atoms with Crippen molar-refractivity contribution in [3.8, 4) is 0 Å². The van der Waals surface area contributed by atoms with Crippen LogP contribution in [0.2, 0.25) is 0 Å². The predicted octanol–water partition coefficient (Wildman–Crippen LogP) is 2.65. The molecule has 0 saturated carbocycles. The highest BCUT2D eigenvalue weighted by Crippen LogP contribution is 2.16. The van der Waals surface area contributed by atoms with Crippen LogP contribution in [0.5, 0.6) is 0 Å². The number of amides is 1. The van der Waals surface area contributed by atoms with Gasteiger partial charge in [0.15, 0.2) is 12.4 Å². The van der Waals surface area contributed by atoms with Gasteiger partial charge in [0.05, 0.1) is 0 Å². The summed E-state index contributed by atoms with van der Waals surface area (Å²) >= 11 is 0. The van der Waals surface area contributed by atoms with Crippen LogP contribution in [0.4, 0.5) is 11.4 Å². The zero-order valence-corrected chi connectivity index (χ0v) is 13.7. The van der Waals surface area contributed by atoms with Crippen LogP contribution in [0.3, 0.4) is 0 Å². The first-order valence-electron chi connectivity index (χ1n) is 7.59. The van der Waals surface area contributed by atoms with E-state index in [1.165, 1.54) is 0 Å². The van der Waals surface area contributed by atoms with E-state index < -0.39 is 0 Å². The number of anilines is 2. The van der Waals surface area contributed by atoms with E-state index in [9.17, 15) is 4.79 Å². The maximum atomic E-state index is 12.8. The molecule has 22 heavy (non-hydrogen) atoms. The molecule has 1 atom stereocenters. The lowest BCUT2D eigenvalue weighted by Gasteiger charge is -2.22. The molecular weight excluding hydrogens is 274 g/mol. The van der Waals surface area contributed by atoms with E-state index >= 15 is 0 Å². The summed E-state index contributed by atoms with van der Waals surface area (Å²) < 4.78 is 1.95. The number of carbonyl (C=O) groups excluding carboxylic acids is 1. The zero-order valence-electron chi connectivity index (χ0n) is 13.7. The molecule has 0 aliphatic rings. The van der Waals surface area contributed by atoms with E-state index in [1.54, 1.807) is 0 Å². The van der Waals surface area contributed by atoms with Gasteiger partial charge in [-0.05, 0) is 19.1 Å². The second kappa shape index (κ2) is 7.07. The Morgan fingerprint density at radius 1 is 1.05 bits per heavy atom. The summed E-state index contributed by atoms with van der Waals surface area (Å²) in [4.78, 5) is 16.6. The number of para-hydroxylation sites is 1. The molecular formula is C18H24N3O+.